The Labute approximate surface area is 163 Å². The second-order valence-electron chi connectivity index (χ2n) is 6.33. The summed E-state index contributed by atoms with van der Waals surface area (Å²) < 4.78 is 0. The lowest BCUT2D eigenvalue weighted by molar-refractivity contribution is 0.988. The number of rotatable bonds is 8. The van der Waals surface area contributed by atoms with Crippen molar-refractivity contribution in [1.82, 2.24) is 9.97 Å². The van der Waals surface area contributed by atoms with E-state index in [4.69, 9.17) is 4.98 Å². The summed E-state index contributed by atoms with van der Waals surface area (Å²) in [6.07, 6.45) is 1.94. The van der Waals surface area contributed by atoms with Crippen LogP contribution in [-0.4, -0.2) is 23.1 Å². The number of anilines is 2. The molecule has 0 saturated carbocycles. The zero-order valence-corrected chi connectivity index (χ0v) is 15.9. The van der Waals surface area contributed by atoms with Gasteiger partial charge in [0.05, 0.1) is 5.52 Å². The van der Waals surface area contributed by atoms with Crippen molar-refractivity contribution in [3.8, 4) is 0 Å². The fourth-order valence-electron chi connectivity index (χ4n) is 3.01. The van der Waals surface area contributed by atoms with Crippen LogP contribution in [0.25, 0.3) is 10.9 Å². The van der Waals surface area contributed by atoms with Crippen LogP contribution in [0.2, 0.25) is 0 Å². The quantitative estimate of drug-likeness (QED) is 0.456. The van der Waals surface area contributed by atoms with E-state index < -0.39 is 0 Å². The van der Waals surface area contributed by atoms with Gasteiger partial charge >= 0.3 is 0 Å². The Kier molecular flexibility index (Phi) is 5.60. The Morgan fingerprint density at radius 3 is 2.41 bits per heavy atom. The molecule has 0 radical (unpaired) electrons. The topological polar surface area (TPSA) is 49.8 Å². The van der Waals surface area contributed by atoms with E-state index in [9.17, 15) is 0 Å². The van der Waals surface area contributed by atoms with E-state index in [1.807, 2.05) is 24.3 Å². The highest BCUT2D eigenvalue weighted by atomic mass is 32.1. The third kappa shape index (κ3) is 4.63. The molecule has 2 aromatic carbocycles. The highest BCUT2D eigenvalue weighted by Crippen LogP contribution is 2.22. The van der Waals surface area contributed by atoms with Gasteiger partial charge in [-0.2, -0.15) is 4.98 Å². The van der Waals surface area contributed by atoms with Crippen molar-refractivity contribution in [2.24, 2.45) is 0 Å². The van der Waals surface area contributed by atoms with Crippen LogP contribution in [-0.2, 0) is 12.8 Å². The molecule has 0 amide bonds. The van der Waals surface area contributed by atoms with Crippen molar-refractivity contribution in [2.75, 3.05) is 23.7 Å². The van der Waals surface area contributed by atoms with Gasteiger partial charge in [0.1, 0.15) is 5.82 Å². The Bertz CT molecular complexity index is 984. The molecule has 0 unspecified atom stereocenters. The van der Waals surface area contributed by atoms with Crippen LogP contribution in [0.15, 0.2) is 72.1 Å². The van der Waals surface area contributed by atoms with Gasteiger partial charge in [0.15, 0.2) is 0 Å². The van der Waals surface area contributed by atoms with E-state index >= 15 is 0 Å². The fraction of sp³-hybridized carbons (Fsp3) is 0.182. The SMILES string of the molecule is c1ccc(CCNc2nc(NCCc3cccs3)nc3ccccc23)cc1. The van der Waals surface area contributed by atoms with Crippen molar-refractivity contribution in [2.45, 2.75) is 12.8 Å². The van der Waals surface area contributed by atoms with Crippen LogP contribution in [0.3, 0.4) is 0 Å². The number of nitrogens with zero attached hydrogens (tertiary/aromatic N) is 2. The molecule has 4 nitrogen and oxygen atoms in total. The zero-order valence-electron chi connectivity index (χ0n) is 15.1. The van der Waals surface area contributed by atoms with E-state index in [0.717, 1.165) is 42.7 Å². The Balaban J connectivity index is 1.46. The second kappa shape index (κ2) is 8.64. The standard InChI is InChI=1S/C22H22N4S/c1-2-7-17(8-3-1)12-14-23-21-19-10-4-5-11-20(19)25-22(26-21)24-15-13-18-9-6-16-27-18/h1-11,16H,12-15H2,(H2,23,24,25,26). The van der Waals surface area contributed by atoms with E-state index in [2.05, 4.69) is 63.5 Å². The predicted molar refractivity (Wildman–Crippen MR) is 115 cm³/mol. The normalized spacial score (nSPS) is 10.8. The molecule has 0 aliphatic rings. The summed E-state index contributed by atoms with van der Waals surface area (Å²) in [5.74, 6) is 1.56. The molecule has 0 bridgehead atoms. The van der Waals surface area contributed by atoms with Crippen molar-refractivity contribution < 1.29 is 0 Å². The predicted octanol–water partition coefficient (Wildman–Crippen LogP) is 5.00. The van der Waals surface area contributed by atoms with Crippen molar-refractivity contribution in [3.05, 3.63) is 82.6 Å². The van der Waals surface area contributed by atoms with Gasteiger partial charge in [-0.3, -0.25) is 0 Å². The molecule has 4 aromatic rings. The first kappa shape index (κ1) is 17.5. The third-order valence-corrected chi connectivity index (χ3v) is 5.32. The molecule has 0 saturated heterocycles. The minimum absolute atomic E-state index is 0.674. The number of nitrogens with one attached hydrogen (secondary N) is 2. The summed E-state index contributed by atoms with van der Waals surface area (Å²) in [5, 5.41) is 10.0. The molecular weight excluding hydrogens is 352 g/mol. The average molecular weight is 375 g/mol. The summed E-state index contributed by atoms with van der Waals surface area (Å²) in [4.78, 5) is 10.7. The van der Waals surface area contributed by atoms with Gasteiger partial charge in [-0.1, -0.05) is 48.5 Å². The van der Waals surface area contributed by atoms with E-state index in [1.165, 1.54) is 10.4 Å². The van der Waals surface area contributed by atoms with Gasteiger partial charge in [0.2, 0.25) is 5.95 Å². The Hall–Kier alpha value is -2.92. The van der Waals surface area contributed by atoms with Crippen molar-refractivity contribution in [3.63, 3.8) is 0 Å². The first-order chi connectivity index (χ1) is 13.4. The molecule has 0 aliphatic carbocycles. The Morgan fingerprint density at radius 1 is 0.741 bits per heavy atom. The lowest BCUT2D eigenvalue weighted by Crippen LogP contribution is -2.11. The number of aromatic nitrogens is 2. The summed E-state index contributed by atoms with van der Waals surface area (Å²) in [6, 6.07) is 22.9. The number of para-hydroxylation sites is 1. The maximum atomic E-state index is 4.72. The maximum absolute atomic E-state index is 4.72. The summed E-state index contributed by atoms with van der Waals surface area (Å²) in [5.41, 5.74) is 2.27. The molecule has 2 N–H and O–H groups in total. The van der Waals surface area contributed by atoms with Gasteiger partial charge in [0, 0.05) is 23.4 Å². The smallest absolute Gasteiger partial charge is 0.225 e. The van der Waals surface area contributed by atoms with Crippen molar-refractivity contribution in [1.29, 1.82) is 0 Å². The van der Waals surface area contributed by atoms with E-state index in [-0.39, 0.29) is 0 Å². The molecule has 136 valence electrons. The number of hydrogen-bond donors (Lipinski definition) is 2. The molecule has 4 rings (SSSR count). The highest BCUT2D eigenvalue weighted by molar-refractivity contribution is 7.09. The molecule has 0 atom stereocenters. The second-order valence-corrected chi connectivity index (χ2v) is 7.36. The molecule has 0 aliphatic heterocycles. The summed E-state index contributed by atoms with van der Waals surface area (Å²) >= 11 is 1.78. The Morgan fingerprint density at radius 2 is 1.56 bits per heavy atom. The molecular formula is C22H22N4S. The number of benzene rings is 2. The lowest BCUT2D eigenvalue weighted by atomic mass is 10.1. The van der Waals surface area contributed by atoms with Gasteiger partial charge in [-0.15, -0.1) is 11.3 Å². The van der Waals surface area contributed by atoms with Gasteiger partial charge in [-0.25, -0.2) is 4.98 Å². The van der Waals surface area contributed by atoms with Gasteiger partial charge in [0.25, 0.3) is 0 Å². The molecule has 2 aromatic heterocycles. The van der Waals surface area contributed by atoms with E-state index in [1.54, 1.807) is 11.3 Å². The number of thiophene rings is 1. The number of hydrogen-bond acceptors (Lipinski definition) is 5. The molecule has 0 fully saturated rings. The van der Waals surface area contributed by atoms with Crippen LogP contribution in [0.4, 0.5) is 11.8 Å². The summed E-state index contributed by atoms with van der Waals surface area (Å²) in [7, 11) is 0. The van der Waals surface area contributed by atoms with Crippen molar-refractivity contribution >= 4 is 34.0 Å². The van der Waals surface area contributed by atoms with E-state index in [0.29, 0.717) is 5.95 Å². The van der Waals surface area contributed by atoms with Crippen LogP contribution < -0.4 is 10.6 Å². The van der Waals surface area contributed by atoms with Crippen LogP contribution in [0.5, 0.6) is 0 Å². The third-order valence-electron chi connectivity index (χ3n) is 4.39. The minimum atomic E-state index is 0.674. The molecule has 5 heteroatoms. The molecule has 0 spiro atoms. The van der Waals surface area contributed by atoms with Crippen LogP contribution >= 0.6 is 11.3 Å². The molecule has 2 heterocycles. The average Bonchev–Trinajstić information content (AvgIpc) is 3.22. The first-order valence-corrected chi connectivity index (χ1v) is 10.1. The monoisotopic (exact) mass is 374 g/mol. The minimum Gasteiger partial charge on any atom is -0.369 e. The maximum Gasteiger partial charge on any atom is 0.225 e. The first-order valence-electron chi connectivity index (χ1n) is 9.19. The zero-order chi connectivity index (χ0) is 18.3. The number of fused-ring (bicyclic) bond motifs is 1. The van der Waals surface area contributed by atoms with Crippen LogP contribution in [0.1, 0.15) is 10.4 Å². The fourth-order valence-corrected chi connectivity index (χ4v) is 3.72. The largest absolute Gasteiger partial charge is 0.369 e. The van der Waals surface area contributed by atoms with Crippen LogP contribution in [0, 0.1) is 0 Å². The summed E-state index contributed by atoms with van der Waals surface area (Å²) in [6.45, 7) is 1.65. The van der Waals surface area contributed by atoms with Gasteiger partial charge in [-0.05, 0) is 42.0 Å². The lowest BCUT2D eigenvalue weighted by Gasteiger charge is -2.12. The van der Waals surface area contributed by atoms with Gasteiger partial charge < -0.3 is 10.6 Å². The highest BCUT2D eigenvalue weighted by Gasteiger charge is 2.07. The molecule has 27 heavy (non-hydrogen) atoms.